The standard InChI is InChI=1S/C14H27N3O2/c1-3-16(12-4-5-12)9-7-15-14(19)17-8-6-11(2)13(18)10-17/h11-13,18H,3-10H2,1-2H3,(H,15,19). The Labute approximate surface area is 115 Å². The number of amides is 2. The summed E-state index contributed by atoms with van der Waals surface area (Å²) in [5, 5.41) is 12.8. The van der Waals surface area contributed by atoms with Crippen molar-refractivity contribution in [2.75, 3.05) is 32.7 Å². The van der Waals surface area contributed by atoms with Gasteiger partial charge in [-0.2, -0.15) is 0 Å². The topological polar surface area (TPSA) is 55.8 Å². The molecule has 0 radical (unpaired) electrons. The average molecular weight is 269 g/mol. The number of rotatable bonds is 5. The molecule has 1 heterocycles. The van der Waals surface area contributed by atoms with Crippen molar-refractivity contribution in [3.63, 3.8) is 0 Å². The van der Waals surface area contributed by atoms with E-state index in [4.69, 9.17) is 0 Å². The molecule has 0 spiro atoms. The van der Waals surface area contributed by atoms with Crippen LogP contribution >= 0.6 is 0 Å². The highest BCUT2D eigenvalue weighted by Gasteiger charge is 2.29. The highest BCUT2D eigenvalue weighted by molar-refractivity contribution is 5.74. The van der Waals surface area contributed by atoms with E-state index in [1.807, 2.05) is 6.92 Å². The first-order valence-corrected chi connectivity index (χ1v) is 7.56. The number of aliphatic hydroxyl groups is 1. The monoisotopic (exact) mass is 269 g/mol. The van der Waals surface area contributed by atoms with Crippen molar-refractivity contribution in [2.45, 2.75) is 45.3 Å². The van der Waals surface area contributed by atoms with Gasteiger partial charge in [0.05, 0.1) is 6.10 Å². The summed E-state index contributed by atoms with van der Waals surface area (Å²) in [6.45, 7) is 8.11. The second-order valence-corrected chi connectivity index (χ2v) is 5.87. The number of nitrogens with one attached hydrogen (secondary N) is 1. The molecule has 1 saturated heterocycles. The second kappa shape index (κ2) is 6.57. The SMILES string of the molecule is CCN(CCNC(=O)N1CCC(C)C(O)C1)C1CC1. The van der Waals surface area contributed by atoms with Gasteiger partial charge in [-0.1, -0.05) is 13.8 Å². The largest absolute Gasteiger partial charge is 0.391 e. The number of carbonyl (C=O) groups excluding carboxylic acids is 1. The van der Waals surface area contributed by atoms with E-state index in [-0.39, 0.29) is 12.1 Å². The highest BCUT2D eigenvalue weighted by Crippen LogP contribution is 2.25. The Morgan fingerprint density at radius 3 is 2.74 bits per heavy atom. The lowest BCUT2D eigenvalue weighted by molar-refractivity contribution is 0.0435. The number of aliphatic hydroxyl groups excluding tert-OH is 1. The van der Waals surface area contributed by atoms with Gasteiger partial charge in [0.1, 0.15) is 0 Å². The minimum atomic E-state index is -0.377. The molecule has 2 N–H and O–H groups in total. The second-order valence-electron chi connectivity index (χ2n) is 5.87. The maximum Gasteiger partial charge on any atom is 0.317 e. The highest BCUT2D eigenvalue weighted by atomic mass is 16.3. The smallest absolute Gasteiger partial charge is 0.317 e. The van der Waals surface area contributed by atoms with Crippen molar-refractivity contribution in [3.05, 3.63) is 0 Å². The number of carbonyl (C=O) groups is 1. The third kappa shape index (κ3) is 4.08. The van der Waals surface area contributed by atoms with Gasteiger partial charge in [-0.05, 0) is 31.7 Å². The third-order valence-corrected chi connectivity index (χ3v) is 4.35. The summed E-state index contributed by atoms with van der Waals surface area (Å²) in [5.41, 5.74) is 0. The van der Waals surface area contributed by atoms with Crippen molar-refractivity contribution in [2.24, 2.45) is 5.92 Å². The molecule has 1 aliphatic carbocycles. The summed E-state index contributed by atoms with van der Waals surface area (Å²) < 4.78 is 0. The van der Waals surface area contributed by atoms with Crippen molar-refractivity contribution in [1.82, 2.24) is 15.1 Å². The molecule has 2 rings (SSSR count). The van der Waals surface area contributed by atoms with Gasteiger partial charge in [0, 0.05) is 32.2 Å². The number of likely N-dealkylation sites (N-methyl/N-ethyl adjacent to an activating group) is 1. The van der Waals surface area contributed by atoms with Crippen LogP contribution in [-0.4, -0.2) is 65.8 Å². The predicted molar refractivity (Wildman–Crippen MR) is 75.0 cm³/mol. The Bertz CT molecular complexity index is 307. The van der Waals surface area contributed by atoms with Gasteiger partial charge < -0.3 is 15.3 Å². The maximum atomic E-state index is 12.0. The van der Waals surface area contributed by atoms with Crippen LogP contribution in [-0.2, 0) is 0 Å². The number of likely N-dealkylation sites (tertiary alicyclic amines) is 1. The van der Waals surface area contributed by atoms with Crippen LogP contribution in [0.1, 0.15) is 33.1 Å². The molecule has 0 aromatic carbocycles. The molecule has 1 aliphatic heterocycles. The molecule has 1 saturated carbocycles. The Morgan fingerprint density at radius 2 is 2.16 bits per heavy atom. The van der Waals surface area contributed by atoms with Crippen molar-refractivity contribution in [1.29, 1.82) is 0 Å². The molecule has 2 amide bonds. The van der Waals surface area contributed by atoms with Crippen molar-refractivity contribution in [3.8, 4) is 0 Å². The van der Waals surface area contributed by atoms with E-state index in [1.54, 1.807) is 4.90 Å². The number of hydrogen-bond acceptors (Lipinski definition) is 3. The molecule has 2 fully saturated rings. The van der Waals surface area contributed by atoms with Crippen molar-refractivity contribution >= 4 is 6.03 Å². The van der Waals surface area contributed by atoms with E-state index in [9.17, 15) is 9.90 Å². The third-order valence-electron chi connectivity index (χ3n) is 4.35. The van der Waals surface area contributed by atoms with Gasteiger partial charge in [-0.15, -0.1) is 0 Å². The lowest BCUT2D eigenvalue weighted by Gasteiger charge is -2.34. The zero-order valence-electron chi connectivity index (χ0n) is 12.1. The fourth-order valence-electron chi connectivity index (χ4n) is 2.69. The van der Waals surface area contributed by atoms with Crippen LogP contribution in [0.4, 0.5) is 4.79 Å². The first-order chi connectivity index (χ1) is 9.11. The summed E-state index contributed by atoms with van der Waals surface area (Å²) in [4.78, 5) is 16.1. The Balaban J connectivity index is 1.66. The minimum Gasteiger partial charge on any atom is -0.391 e. The van der Waals surface area contributed by atoms with Crippen LogP contribution in [0.15, 0.2) is 0 Å². The van der Waals surface area contributed by atoms with E-state index in [0.717, 1.165) is 32.1 Å². The Kier molecular flexibility index (Phi) is 5.05. The molecule has 2 atom stereocenters. The lowest BCUT2D eigenvalue weighted by Crippen LogP contribution is -2.50. The zero-order chi connectivity index (χ0) is 13.8. The number of urea groups is 1. The van der Waals surface area contributed by atoms with Crippen LogP contribution in [0, 0.1) is 5.92 Å². The lowest BCUT2D eigenvalue weighted by atomic mass is 9.96. The Hall–Kier alpha value is -0.810. The first-order valence-electron chi connectivity index (χ1n) is 7.56. The zero-order valence-corrected chi connectivity index (χ0v) is 12.1. The van der Waals surface area contributed by atoms with Crippen LogP contribution in [0.5, 0.6) is 0 Å². The van der Waals surface area contributed by atoms with Gasteiger partial charge in [-0.3, -0.25) is 4.90 Å². The quantitative estimate of drug-likeness (QED) is 0.779. The fraction of sp³-hybridized carbons (Fsp3) is 0.929. The van der Waals surface area contributed by atoms with Gasteiger partial charge in [0.2, 0.25) is 0 Å². The number of nitrogens with zero attached hydrogens (tertiary/aromatic N) is 2. The molecular formula is C14H27N3O2. The van der Waals surface area contributed by atoms with E-state index in [1.165, 1.54) is 12.8 Å². The maximum absolute atomic E-state index is 12.0. The molecule has 2 unspecified atom stereocenters. The molecule has 0 aromatic heterocycles. The minimum absolute atomic E-state index is 0.0298. The summed E-state index contributed by atoms with van der Waals surface area (Å²) in [6, 6.07) is 0.720. The molecular weight excluding hydrogens is 242 g/mol. The molecule has 110 valence electrons. The summed E-state index contributed by atoms with van der Waals surface area (Å²) in [5.74, 6) is 0.300. The molecule has 2 aliphatic rings. The van der Waals surface area contributed by atoms with Gasteiger partial charge in [-0.25, -0.2) is 4.79 Å². The summed E-state index contributed by atoms with van der Waals surface area (Å²) in [6.07, 6.45) is 3.12. The Morgan fingerprint density at radius 1 is 1.42 bits per heavy atom. The van der Waals surface area contributed by atoms with Gasteiger partial charge in [0.25, 0.3) is 0 Å². The van der Waals surface area contributed by atoms with E-state index in [2.05, 4.69) is 17.1 Å². The predicted octanol–water partition coefficient (Wildman–Crippen LogP) is 0.883. The van der Waals surface area contributed by atoms with E-state index >= 15 is 0 Å². The summed E-state index contributed by atoms with van der Waals surface area (Å²) >= 11 is 0. The number of β-amino-alcohol motifs (C(OH)–C–C–N with tert-alkyl or cyclic N) is 1. The average Bonchev–Trinajstić information content (AvgIpc) is 3.22. The van der Waals surface area contributed by atoms with Crippen LogP contribution in [0.3, 0.4) is 0 Å². The van der Waals surface area contributed by atoms with Gasteiger partial charge in [0.15, 0.2) is 0 Å². The van der Waals surface area contributed by atoms with E-state index < -0.39 is 0 Å². The van der Waals surface area contributed by atoms with E-state index in [0.29, 0.717) is 19.0 Å². The van der Waals surface area contributed by atoms with Crippen LogP contribution < -0.4 is 5.32 Å². The van der Waals surface area contributed by atoms with Crippen LogP contribution in [0.2, 0.25) is 0 Å². The molecule has 5 nitrogen and oxygen atoms in total. The fourth-order valence-corrected chi connectivity index (χ4v) is 2.69. The van der Waals surface area contributed by atoms with Crippen molar-refractivity contribution < 1.29 is 9.90 Å². The molecule has 0 bridgehead atoms. The number of hydrogen-bond donors (Lipinski definition) is 2. The normalized spacial score (nSPS) is 27.7. The molecule has 5 heteroatoms. The van der Waals surface area contributed by atoms with Crippen LogP contribution in [0.25, 0.3) is 0 Å². The summed E-state index contributed by atoms with van der Waals surface area (Å²) in [7, 11) is 0. The number of piperidine rings is 1. The van der Waals surface area contributed by atoms with Gasteiger partial charge >= 0.3 is 6.03 Å². The first kappa shape index (κ1) is 14.6. The molecule has 19 heavy (non-hydrogen) atoms. The molecule has 0 aromatic rings.